The molecule has 0 saturated heterocycles. The molecule has 3 rings (SSSR count). The van der Waals surface area contributed by atoms with Gasteiger partial charge in [-0.2, -0.15) is 0 Å². The number of rotatable bonds is 5. The molecule has 1 aliphatic heterocycles. The Balaban J connectivity index is 1.64. The highest BCUT2D eigenvalue weighted by molar-refractivity contribution is 7.10. The standard InChI is InChI=1S/C20H26N2OS/c1-4-18-17-10-12-24-19(17)9-11-22(18)13-20(23)21-15(3)16-8-6-5-7-14(16)2/h5-8,10,12,15,18H,4,9,11,13H2,1-3H3,(H,21,23)/t15-,18-/m1/s1. The summed E-state index contributed by atoms with van der Waals surface area (Å²) < 4.78 is 0. The zero-order chi connectivity index (χ0) is 17.1. The molecule has 0 bridgehead atoms. The van der Waals surface area contributed by atoms with Crippen molar-refractivity contribution in [2.75, 3.05) is 13.1 Å². The van der Waals surface area contributed by atoms with Gasteiger partial charge in [0.1, 0.15) is 0 Å². The van der Waals surface area contributed by atoms with E-state index >= 15 is 0 Å². The van der Waals surface area contributed by atoms with Crippen molar-refractivity contribution >= 4 is 17.2 Å². The molecular formula is C20H26N2OS. The number of fused-ring (bicyclic) bond motifs is 1. The molecule has 24 heavy (non-hydrogen) atoms. The molecule has 0 spiro atoms. The van der Waals surface area contributed by atoms with E-state index < -0.39 is 0 Å². The number of nitrogens with zero attached hydrogens (tertiary/aromatic N) is 1. The van der Waals surface area contributed by atoms with Crippen molar-refractivity contribution in [1.29, 1.82) is 0 Å². The highest BCUT2D eigenvalue weighted by Crippen LogP contribution is 2.34. The molecule has 1 aliphatic rings. The number of hydrogen-bond donors (Lipinski definition) is 1. The topological polar surface area (TPSA) is 32.3 Å². The number of carbonyl (C=O) groups is 1. The van der Waals surface area contributed by atoms with E-state index in [1.807, 2.05) is 23.5 Å². The molecule has 0 aliphatic carbocycles. The van der Waals surface area contributed by atoms with Crippen molar-refractivity contribution in [3.63, 3.8) is 0 Å². The lowest BCUT2D eigenvalue weighted by molar-refractivity contribution is -0.123. The maximum Gasteiger partial charge on any atom is 0.234 e. The first-order valence-electron chi connectivity index (χ1n) is 8.75. The summed E-state index contributed by atoms with van der Waals surface area (Å²) in [5.41, 5.74) is 3.84. The van der Waals surface area contributed by atoms with E-state index in [2.05, 4.69) is 54.6 Å². The van der Waals surface area contributed by atoms with Crippen LogP contribution in [0.5, 0.6) is 0 Å². The zero-order valence-electron chi connectivity index (χ0n) is 14.7. The van der Waals surface area contributed by atoms with Crippen LogP contribution in [0.25, 0.3) is 0 Å². The third-order valence-electron chi connectivity index (χ3n) is 4.97. The van der Waals surface area contributed by atoms with Crippen LogP contribution in [-0.4, -0.2) is 23.9 Å². The Bertz CT molecular complexity index is 709. The van der Waals surface area contributed by atoms with Crippen LogP contribution in [0.4, 0.5) is 0 Å². The molecule has 1 aromatic carbocycles. The third kappa shape index (κ3) is 3.55. The lowest BCUT2D eigenvalue weighted by Gasteiger charge is -2.35. The summed E-state index contributed by atoms with van der Waals surface area (Å²) >= 11 is 1.85. The van der Waals surface area contributed by atoms with Crippen LogP contribution >= 0.6 is 11.3 Å². The summed E-state index contributed by atoms with van der Waals surface area (Å²) in [4.78, 5) is 16.4. The van der Waals surface area contributed by atoms with Crippen molar-refractivity contribution in [3.8, 4) is 0 Å². The van der Waals surface area contributed by atoms with E-state index in [0.717, 1.165) is 19.4 Å². The van der Waals surface area contributed by atoms with Crippen LogP contribution in [-0.2, 0) is 11.2 Å². The van der Waals surface area contributed by atoms with Gasteiger partial charge in [-0.05, 0) is 54.8 Å². The third-order valence-corrected chi connectivity index (χ3v) is 5.97. The first-order chi connectivity index (χ1) is 11.6. The molecule has 2 atom stereocenters. The minimum Gasteiger partial charge on any atom is -0.348 e. The second-order valence-corrected chi connectivity index (χ2v) is 7.59. The summed E-state index contributed by atoms with van der Waals surface area (Å²) in [5.74, 6) is 0.114. The van der Waals surface area contributed by atoms with Crippen molar-refractivity contribution in [3.05, 3.63) is 57.3 Å². The predicted octanol–water partition coefficient (Wildman–Crippen LogP) is 4.24. The minimum atomic E-state index is 0.0419. The van der Waals surface area contributed by atoms with Gasteiger partial charge in [-0.1, -0.05) is 31.2 Å². The summed E-state index contributed by atoms with van der Waals surface area (Å²) in [6.45, 7) is 7.80. The predicted molar refractivity (Wildman–Crippen MR) is 100 cm³/mol. The fourth-order valence-corrected chi connectivity index (χ4v) is 4.67. The van der Waals surface area contributed by atoms with E-state index in [1.165, 1.54) is 21.6 Å². The maximum absolute atomic E-state index is 12.6. The van der Waals surface area contributed by atoms with E-state index in [0.29, 0.717) is 12.6 Å². The van der Waals surface area contributed by atoms with Gasteiger partial charge in [-0.25, -0.2) is 0 Å². The molecule has 0 radical (unpaired) electrons. The zero-order valence-corrected chi connectivity index (χ0v) is 15.5. The Kier molecular flexibility index (Phi) is 5.36. The van der Waals surface area contributed by atoms with E-state index in [9.17, 15) is 4.79 Å². The largest absolute Gasteiger partial charge is 0.348 e. The number of benzene rings is 1. The van der Waals surface area contributed by atoms with Gasteiger partial charge in [-0.3, -0.25) is 9.69 Å². The van der Waals surface area contributed by atoms with Gasteiger partial charge in [-0.15, -0.1) is 11.3 Å². The number of carbonyl (C=O) groups excluding carboxylic acids is 1. The van der Waals surface area contributed by atoms with E-state index in [-0.39, 0.29) is 11.9 Å². The van der Waals surface area contributed by atoms with E-state index in [1.54, 1.807) is 0 Å². The highest BCUT2D eigenvalue weighted by atomic mass is 32.1. The Hall–Kier alpha value is -1.65. The monoisotopic (exact) mass is 342 g/mol. The van der Waals surface area contributed by atoms with Gasteiger partial charge >= 0.3 is 0 Å². The highest BCUT2D eigenvalue weighted by Gasteiger charge is 2.28. The summed E-state index contributed by atoms with van der Waals surface area (Å²) in [6.07, 6.45) is 2.11. The van der Waals surface area contributed by atoms with Crippen molar-refractivity contribution in [2.45, 2.75) is 45.7 Å². The summed E-state index contributed by atoms with van der Waals surface area (Å²) in [6, 6.07) is 10.9. The van der Waals surface area contributed by atoms with Crippen LogP contribution in [0.15, 0.2) is 35.7 Å². The summed E-state index contributed by atoms with van der Waals surface area (Å²) in [7, 11) is 0. The molecule has 1 amide bonds. The number of hydrogen-bond acceptors (Lipinski definition) is 3. The van der Waals surface area contributed by atoms with Gasteiger partial charge in [0.2, 0.25) is 5.91 Å². The fraction of sp³-hybridized carbons (Fsp3) is 0.450. The van der Waals surface area contributed by atoms with Gasteiger partial charge in [0, 0.05) is 17.5 Å². The molecule has 128 valence electrons. The Labute approximate surface area is 148 Å². The minimum absolute atomic E-state index is 0.0419. The Morgan fingerprint density at radius 1 is 1.38 bits per heavy atom. The SMILES string of the molecule is CC[C@@H]1c2ccsc2CCN1CC(=O)N[C@H](C)c1ccccc1C. The Morgan fingerprint density at radius 2 is 2.17 bits per heavy atom. The van der Waals surface area contributed by atoms with Crippen molar-refractivity contribution in [2.24, 2.45) is 0 Å². The van der Waals surface area contributed by atoms with Gasteiger partial charge in [0.05, 0.1) is 12.6 Å². The van der Waals surface area contributed by atoms with Gasteiger partial charge in [0.25, 0.3) is 0 Å². The molecule has 0 saturated carbocycles. The van der Waals surface area contributed by atoms with Crippen LogP contribution in [0.1, 0.15) is 53.9 Å². The van der Waals surface area contributed by atoms with Crippen LogP contribution < -0.4 is 5.32 Å². The van der Waals surface area contributed by atoms with Crippen LogP contribution in [0, 0.1) is 6.92 Å². The molecule has 2 heterocycles. The quantitative estimate of drug-likeness (QED) is 0.881. The molecule has 0 unspecified atom stereocenters. The van der Waals surface area contributed by atoms with E-state index in [4.69, 9.17) is 0 Å². The average molecular weight is 343 g/mol. The number of aryl methyl sites for hydroxylation is 1. The second-order valence-electron chi connectivity index (χ2n) is 6.59. The molecule has 2 aromatic rings. The van der Waals surface area contributed by atoms with Crippen molar-refractivity contribution in [1.82, 2.24) is 10.2 Å². The molecule has 1 aromatic heterocycles. The summed E-state index contributed by atoms with van der Waals surface area (Å²) in [5, 5.41) is 5.35. The molecule has 4 heteroatoms. The fourth-order valence-electron chi connectivity index (χ4n) is 3.74. The van der Waals surface area contributed by atoms with Gasteiger partial charge in [0.15, 0.2) is 0 Å². The normalized spacial score (nSPS) is 18.9. The average Bonchev–Trinajstić information content (AvgIpc) is 3.03. The lowest BCUT2D eigenvalue weighted by atomic mass is 9.98. The second kappa shape index (κ2) is 7.49. The first-order valence-corrected chi connectivity index (χ1v) is 9.63. The maximum atomic E-state index is 12.6. The lowest BCUT2D eigenvalue weighted by Crippen LogP contribution is -2.42. The van der Waals surface area contributed by atoms with Crippen molar-refractivity contribution < 1.29 is 4.79 Å². The number of nitrogens with one attached hydrogen (secondary N) is 1. The molecule has 3 nitrogen and oxygen atoms in total. The number of amides is 1. The molecular weight excluding hydrogens is 316 g/mol. The Morgan fingerprint density at radius 3 is 2.92 bits per heavy atom. The van der Waals surface area contributed by atoms with Gasteiger partial charge < -0.3 is 5.32 Å². The smallest absolute Gasteiger partial charge is 0.234 e. The molecule has 1 N–H and O–H groups in total. The molecule has 0 fully saturated rings. The van der Waals surface area contributed by atoms with Crippen LogP contribution in [0.2, 0.25) is 0 Å². The van der Waals surface area contributed by atoms with Crippen LogP contribution in [0.3, 0.4) is 0 Å². The first kappa shape index (κ1) is 17.2. The number of thiophene rings is 1.